The molecule has 0 unspecified atom stereocenters. The van der Waals surface area contributed by atoms with E-state index in [-0.39, 0.29) is 5.76 Å². The van der Waals surface area contributed by atoms with Gasteiger partial charge in [-0.25, -0.2) is 0 Å². The third-order valence-electron chi connectivity index (χ3n) is 3.50. The van der Waals surface area contributed by atoms with E-state index in [1.165, 1.54) is 6.08 Å². The van der Waals surface area contributed by atoms with Crippen molar-refractivity contribution in [1.82, 2.24) is 0 Å². The molecule has 1 heterocycles. The van der Waals surface area contributed by atoms with Crippen LogP contribution in [0, 0.1) is 11.3 Å². The van der Waals surface area contributed by atoms with Crippen molar-refractivity contribution in [2.24, 2.45) is 11.3 Å². The maximum Gasteiger partial charge on any atom is 0.323 e. The number of cyclic esters (lactones) is 1. The standard InChI is InChI=1S/C11H14O5/c1-5-3-4-7(12)9(14)11(5)8(13)6(2)16-10(11)15/h3-5,7-9,12-14H,2H2,1H3/t5-,7+,8-,9+,11-/m1/s1. The molecule has 0 aromatic carbocycles. The highest BCUT2D eigenvalue weighted by Crippen LogP contribution is 2.48. The summed E-state index contributed by atoms with van der Waals surface area (Å²) >= 11 is 0. The van der Waals surface area contributed by atoms with E-state index in [0.717, 1.165) is 0 Å². The predicted octanol–water partition coefficient (Wildman–Crippen LogP) is -0.668. The third-order valence-corrected chi connectivity index (χ3v) is 3.50. The van der Waals surface area contributed by atoms with E-state index < -0.39 is 35.6 Å². The summed E-state index contributed by atoms with van der Waals surface area (Å²) in [5, 5.41) is 29.5. The number of aliphatic hydroxyl groups is 3. The van der Waals surface area contributed by atoms with E-state index in [4.69, 9.17) is 4.74 Å². The second-order valence-electron chi connectivity index (χ2n) is 4.30. The second kappa shape index (κ2) is 3.41. The number of hydrogen-bond donors (Lipinski definition) is 3. The molecule has 1 aliphatic carbocycles. The molecule has 3 N–H and O–H groups in total. The summed E-state index contributed by atoms with van der Waals surface area (Å²) < 4.78 is 4.77. The molecule has 1 saturated heterocycles. The van der Waals surface area contributed by atoms with Gasteiger partial charge < -0.3 is 20.1 Å². The van der Waals surface area contributed by atoms with Gasteiger partial charge in [-0.05, 0) is 5.92 Å². The Bertz CT molecular complexity index is 375. The van der Waals surface area contributed by atoms with Gasteiger partial charge in [0.25, 0.3) is 0 Å². The lowest BCUT2D eigenvalue weighted by molar-refractivity contribution is -0.165. The second-order valence-corrected chi connectivity index (χ2v) is 4.30. The van der Waals surface area contributed by atoms with Crippen molar-refractivity contribution < 1.29 is 24.9 Å². The van der Waals surface area contributed by atoms with E-state index in [1.807, 2.05) is 0 Å². The molecule has 0 radical (unpaired) electrons. The van der Waals surface area contributed by atoms with Gasteiger partial charge in [0, 0.05) is 0 Å². The molecule has 1 fully saturated rings. The minimum atomic E-state index is -1.54. The van der Waals surface area contributed by atoms with Crippen LogP contribution in [-0.2, 0) is 9.53 Å². The van der Waals surface area contributed by atoms with Gasteiger partial charge in [-0.15, -0.1) is 0 Å². The smallest absolute Gasteiger partial charge is 0.323 e. The van der Waals surface area contributed by atoms with Crippen molar-refractivity contribution in [3.8, 4) is 0 Å². The normalized spacial score (nSPS) is 47.5. The van der Waals surface area contributed by atoms with E-state index in [2.05, 4.69) is 6.58 Å². The fourth-order valence-electron chi connectivity index (χ4n) is 2.46. The maximum atomic E-state index is 11.8. The zero-order valence-electron chi connectivity index (χ0n) is 8.83. The van der Waals surface area contributed by atoms with Crippen LogP contribution in [0.3, 0.4) is 0 Å². The number of aliphatic hydroxyl groups excluding tert-OH is 3. The highest BCUT2D eigenvalue weighted by Gasteiger charge is 2.63. The molecule has 0 aromatic rings. The van der Waals surface area contributed by atoms with Crippen LogP contribution in [0.5, 0.6) is 0 Å². The summed E-state index contributed by atoms with van der Waals surface area (Å²) in [7, 11) is 0. The van der Waals surface area contributed by atoms with Crippen LogP contribution in [0.2, 0.25) is 0 Å². The van der Waals surface area contributed by atoms with Crippen LogP contribution >= 0.6 is 0 Å². The van der Waals surface area contributed by atoms with Gasteiger partial charge in [-0.1, -0.05) is 25.7 Å². The molecule has 88 valence electrons. The number of allylic oxidation sites excluding steroid dienone is 1. The Balaban J connectivity index is 2.54. The highest BCUT2D eigenvalue weighted by molar-refractivity contribution is 5.84. The van der Waals surface area contributed by atoms with Gasteiger partial charge in [0.2, 0.25) is 0 Å². The van der Waals surface area contributed by atoms with Crippen LogP contribution < -0.4 is 0 Å². The Labute approximate surface area is 92.7 Å². The number of rotatable bonds is 0. The highest BCUT2D eigenvalue weighted by atomic mass is 16.6. The van der Waals surface area contributed by atoms with E-state index in [9.17, 15) is 20.1 Å². The van der Waals surface area contributed by atoms with Crippen LogP contribution in [0.4, 0.5) is 0 Å². The van der Waals surface area contributed by atoms with Crippen LogP contribution in [-0.4, -0.2) is 39.6 Å². The first-order chi connectivity index (χ1) is 7.42. The lowest BCUT2D eigenvalue weighted by Gasteiger charge is -2.40. The molecule has 16 heavy (non-hydrogen) atoms. The molecule has 5 nitrogen and oxygen atoms in total. The molecule has 2 aliphatic rings. The van der Waals surface area contributed by atoms with Gasteiger partial charge in [-0.3, -0.25) is 4.79 Å². The van der Waals surface area contributed by atoms with Gasteiger partial charge in [-0.2, -0.15) is 0 Å². The zero-order chi connectivity index (χ0) is 12.1. The predicted molar refractivity (Wildman–Crippen MR) is 54.0 cm³/mol. The quantitative estimate of drug-likeness (QED) is 0.377. The number of hydrogen-bond acceptors (Lipinski definition) is 5. The molecule has 5 heteroatoms. The molecule has 1 aliphatic heterocycles. The lowest BCUT2D eigenvalue weighted by atomic mass is 9.64. The van der Waals surface area contributed by atoms with Gasteiger partial charge in [0.15, 0.2) is 0 Å². The first-order valence-corrected chi connectivity index (χ1v) is 5.06. The van der Waals surface area contributed by atoms with E-state index in [1.54, 1.807) is 13.0 Å². The topological polar surface area (TPSA) is 87.0 Å². The molecule has 5 atom stereocenters. The van der Waals surface area contributed by atoms with Crippen molar-refractivity contribution >= 4 is 5.97 Å². The summed E-state index contributed by atoms with van der Waals surface area (Å²) in [5.74, 6) is -1.26. The summed E-state index contributed by atoms with van der Waals surface area (Å²) in [5.41, 5.74) is -1.54. The SMILES string of the molecule is C=C1OC(=O)[C@]2([C@H](C)C=C[C@H](O)[C@@H]2O)[C@@H]1O. The van der Waals surface area contributed by atoms with Gasteiger partial charge in [0.05, 0.1) is 6.10 Å². The largest absolute Gasteiger partial charge is 0.428 e. The molecule has 0 amide bonds. The molecule has 0 saturated carbocycles. The molecule has 2 rings (SSSR count). The third kappa shape index (κ3) is 1.13. The Morgan fingerprint density at radius 1 is 1.38 bits per heavy atom. The summed E-state index contributed by atoms with van der Waals surface area (Å²) in [6, 6.07) is 0. The van der Waals surface area contributed by atoms with Crippen molar-refractivity contribution in [3.63, 3.8) is 0 Å². The summed E-state index contributed by atoms with van der Waals surface area (Å²) in [6.45, 7) is 5.09. The fraction of sp³-hybridized carbons (Fsp3) is 0.545. The number of carbonyl (C=O) groups excluding carboxylic acids is 1. The number of ether oxygens (including phenoxy) is 1. The first kappa shape index (κ1) is 11.3. The molecule has 0 bridgehead atoms. The van der Waals surface area contributed by atoms with E-state index >= 15 is 0 Å². The Hall–Kier alpha value is -1.17. The lowest BCUT2D eigenvalue weighted by Crippen LogP contribution is -2.57. The van der Waals surface area contributed by atoms with Crippen molar-refractivity contribution in [3.05, 3.63) is 24.5 Å². The molecular formula is C11H14O5. The molecule has 1 spiro atoms. The van der Waals surface area contributed by atoms with Crippen molar-refractivity contribution in [1.29, 1.82) is 0 Å². The maximum absolute atomic E-state index is 11.8. The average Bonchev–Trinajstić information content (AvgIpc) is 2.45. The van der Waals surface area contributed by atoms with Crippen molar-refractivity contribution in [2.75, 3.05) is 0 Å². The number of carbonyl (C=O) groups is 1. The Morgan fingerprint density at radius 3 is 2.50 bits per heavy atom. The Kier molecular flexibility index (Phi) is 2.41. The van der Waals surface area contributed by atoms with Crippen LogP contribution in [0.25, 0.3) is 0 Å². The van der Waals surface area contributed by atoms with Crippen LogP contribution in [0.1, 0.15) is 6.92 Å². The first-order valence-electron chi connectivity index (χ1n) is 5.06. The monoisotopic (exact) mass is 226 g/mol. The summed E-state index contributed by atoms with van der Waals surface area (Å²) in [6.07, 6.45) is -0.898. The minimum absolute atomic E-state index is 0.0848. The van der Waals surface area contributed by atoms with Gasteiger partial charge in [0.1, 0.15) is 23.4 Å². The minimum Gasteiger partial charge on any atom is -0.428 e. The number of esters is 1. The van der Waals surface area contributed by atoms with Gasteiger partial charge >= 0.3 is 5.97 Å². The average molecular weight is 226 g/mol. The Morgan fingerprint density at radius 2 is 2.00 bits per heavy atom. The van der Waals surface area contributed by atoms with E-state index in [0.29, 0.717) is 0 Å². The fourth-order valence-corrected chi connectivity index (χ4v) is 2.46. The van der Waals surface area contributed by atoms with Crippen LogP contribution in [0.15, 0.2) is 24.5 Å². The zero-order valence-corrected chi connectivity index (χ0v) is 8.83. The summed E-state index contributed by atoms with van der Waals surface area (Å²) in [4.78, 5) is 11.8. The molecule has 0 aromatic heterocycles. The molecular weight excluding hydrogens is 212 g/mol. The van der Waals surface area contributed by atoms with Crippen molar-refractivity contribution in [2.45, 2.75) is 25.2 Å².